The minimum absolute atomic E-state index is 0.110. The highest BCUT2D eigenvalue weighted by atomic mass is 19.1. The summed E-state index contributed by atoms with van der Waals surface area (Å²) < 4.78 is 13.1. The summed E-state index contributed by atoms with van der Waals surface area (Å²) in [5.41, 5.74) is -0.110. The second kappa shape index (κ2) is 6.65. The number of aromatic carboxylic acids is 1. The molecule has 0 radical (unpaired) electrons. The first-order valence-electron chi connectivity index (χ1n) is 6.98. The number of rotatable bonds is 5. The van der Waals surface area contributed by atoms with Crippen molar-refractivity contribution in [1.82, 2.24) is 9.88 Å². The predicted octanol–water partition coefficient (Wildman–Crippen LogP) is 2.21. The molecule has 1 aromatic heterocycles. The van der Waals surface area contributed by atoms with E-state index in [1.54, 1.807) is 0 Å². The van der Waals surface area contributed by atoms with Crippen LogP contribution in [0.1, 0.15) is 36.5 Å². The van der Waals surface area contributed by atoms with Crippen molar-refractivity contribution >= 4 is 11.8 Å². The van der Waals surface area contributed by atoms with E-state index in [4.69, 9.17) is 5.11 Å². The summed E-state index contributed by atoms with van der Waals surface area (Å²) in [4.78, 5) is 17.4. The van der Waals surface area contributed by atoms with Crippen LogP contribution in [0.3, 0.4) is 0 Å². The zero-order chi connectivity index (χ0) is 14.5. The zero-order valence-electron chi connectivity index (χ0n) is 11.6. The second-order valence-electron chi connectivity index (χ2n) is 5.12. The van der Waals surface area contributed by atoms with Crippen molar-refractivity contribution < 1.29 is 14.3 Å². The molecule has 0 spiro atoms. The third kappa shape index (κ3) is 3.66. The highest BCUT2D eigenvalue weighted by molar-refractivity contribution is 5.93. The normalized spacial score (nSPS) is 17.1. The van der Waals surface area contributed by atoms with Crippen molar-refractivity contribution in [2.75, 3.05) is 25.0 Å². The Bertz CT molecular complexity index is 473. The number of carboxylic acid groups (broad SMARTS) is 1. The lowest BCUT2D eigenvalue weighted by molar-refractivity contribution is 0.0697. The lowest BCUT2D eigenvalue weighted by Gasteiger charge is -2.32. The summed E-state index contributed by atoms with van der Waals surface area (Å²) >= 11 is 0. The van der Waals surface area contributed by atoms with Crippen molar-refractivity contribution in [1.29, 1.82) is 0 Å². The molecule has 0 amide bonds. The standard InChI is InChI=1S/C14H20FN3O2/c1-2-5-18-6-3-11(4-7-18)17-13-12(14(19)20)8-10(15)9-16-13/h8-9,11H,2-7H2,1H3,(H,16,17)(H,19,20). The van der Waals surface area contributed by atoms with Crippen molar-refractivity contribution in [3.63, 3.8) is 0 Å². The summed E-state index contributed by atoms with van der Waals surface area (Å²) in [6.45, 7) is 5.25. The molecule has 0 aromatic carbocycles. The van der Waals surface area contributed by atoms with E-state index in [1.807, 2.05) is 0 Å². The first-order chi connectivity index (χ1) is 9.60. The number of piperidine rings is 1. The van der Waals surface area contributed by atoms with Crippen LogP contribution in [0.25, 0.3) is 0 Å². The number of hydrogen-bond donors (Lipinski definition) is 2. The van der Waals surface area contributed by atoms with Gasteiger partial charge in [0, 0.05) is 19.1 Å². The van der Waals surface area contributed by atoms with Crippen LogP contribution < -0.4 is 5.32 Å². The molecule has 1 aliphatic rings. The number of hydrogen-bond acceptors (Lipinski definition) is 4. The van der Waals surface area contributed by atoms with Gasteiger partial charge in [-0.2, -0.15) is 0 Å². The fourth-order valence-corrected chi connectivity index (χ4v) is 2.53. The van der Waals surface area contributed by atoms with Crippen LogP contribution in [-0.2, 0) is 0 Å². The van der Waals surface area contributed by atoms with Gasteiger partial charge >= 0.3 is 5.97 Å². The Morgan fingerprint density at radius 2 is 2.25 bits per heavy atom. The molecule has 2 heterocycles. The molecule has 1 fully saturated rings. The minimum atomic E-state index is -1.16. The molecule has 2 N–H and O–H groups in total. The molecule has 0 unspecified atom stereocenters. The number of nitrogens with zero attached hydrogens (tertiary/aromatic N) is 2. The van der Waals surface area contributed by atoms with Crippen LogP contribution >= 0.6 is 0 Å². The summed E-state index contributed by atoms with van der Waals surface area (Å²) in [6, 6.07) is 1.20. The number of carbonyl (C=O) groups is 1. The van der Waals surface area contributed by atoms with E-state index in [1.165, 1.54) is 0 Å². The fraction of sp³-hybridized carbons (Fsp3) is 0.571. The summed E-state index contributed by atoms with van der Waals surface area (Å²) in [6.07, 6.45) is 4.07. The molecule has 20 heavy (non-hydrogen) atoms. The zero-order valence-corrected chi connectivity index (χ0v) is 11.6. The molecule has 1 aliphatic heterocycles. The van der Waals surface area contributed by atoms with E-state index < -0.39 is 11.8 Å². The molecule has 6 heteroatoms. The number of aromatic nitrogens is 1. The van der Waals surface area contributed by atoms with E-state index in [2.05, 4.69) is 22.1 Å². The number of nitrogens with one attached hydrogen (secondary N) is 1. The van der Waals surface area contributed by atoms with Gasteiger partial charge in [0.25, 0.3) is 0 Å². The SMILES string of the molecule is CCCN1CCC(Nc2ncc(F)cc2C(=O)O)CC1. The summed E-state index contributed by atoms with van der Waals surface area (Å²) in [7, 11) is 0. The van der Waals surface area contributed by atoms with E-state index in [0.29, 0.717) is 0 Å². The Morgan fingerprint density at radius 1 is 1.55 bits per heavy atom. The molecule has 0 atom stereocenters. The molecule has 2 rings (SSSR count). The topological polar surface area (TPSA) is 65.5 Å². The van der Waals surface area contributed by atoms with Gasteiger partial charge in [-0.05, 0) is 31.9 Å². The molecule has 0 bridgehead atoms. The van der Waals surface area contributed by atoms with E-state index in [0.717, 1.165) is 51.2 Å². The fourth-order valence-electron chi connectivity index (χ4n) is 2.53. The lowest BCUT2D eigenvalue weighted by Crippen LogP contribution is -2.39. The van der Waals surface area contributed by atoms with Gasteiger partial charge in [-0.3, -0.25) is 0 Å². The Labute approximate surface area is 117 Å². The van der Waals surface area contributed by atoms with Crippen molar-refractivity contribution in [2.24, 2.45) is 0 Å². The van der Waals surface area contributed by atoms with E-state index in [9.17, 15) is 9.18 Å². The molecule has 110 valence electrons. The van der Waals surface area contributed by atoms with E-state index in [-0.39, 0.29) is 17.4 Å². The van der Waals surface area contributed by atoms with Gasteiger partial charge in [-0.25, -0.2) is 14.2 Å². The van der Waals surface area contributed by atoms with Gasteiger partial charge in [0.05, 0.1) is 6.20 Å². The largest absolute Gasteiger partial charge is 0.478 e. The highest BCUT2D eigenvalue weighted by Crippen LogP contribution is 2.19. The van der Waals surface area contributed by atoms with Crippen LogP contribution in [0.15, 0.2) is 12.3 Å². The quantitative estimate of drug-likeness (QED) is 0.866. The number of carboxylic acids is 1. The van der Waals surface area contributed by atoms with Gasteiger partial charge in [-0.1, -0.05) is 6.92 Å². The maximum Gasteiger partial charge on any atom is 0.339 e. The Hall–Kier alpha value is -1.69. The third-order valence-corrected chi connectivity index (χ3v) is 3.55. The first-order valence-corrected chi connectivity index (χ1v) is 6.98. The number of likely N-dealkylation sites (tertiary alicyclic amines) is 1. The van der Waals surface area contributed by atoms with Gasteiger partial charge < -0.3 is 15.3 Å². The average molecular weight is 281 g/mol. The van der Waals surface area contributed by atoms with Crippen molar-refractivity contribution in [2.45, 2.75) is 32.2 Å². The summed E-state index contributed by atoms with van der Waals surface area (Å²) in [5, 5.41) is 12.2. The molecule has 5 nitrogen and oxygen atoms in total. The van der Waals surface area contributed by atoms with Crippen LogP contribution in [0.2, 0.25) is 0 Å². The number of pyridine rings is 1. The van der Waals surface area contributed by atoms with Gasteiger partial charge in [0.1, 0.15) is 17.2 Å². The Kier molecular flexibility index (Phi) is 4.89. The van der Waals surface area contributed by atoms with Crippen LogP contribution in [-0.4, -0.2) is 46.6 Å². The van der Waals surface area contributed by atoms with Crippen molar-refractivity contribution in [3.8, 4) is 0 Å². The van der Waals surface area contributed by atoms with Gasteiger partial charge in [-0.15, -0.1) is 0 Å². The molecular formula is C14H20FN3O2. The average Bonchev–Trinajstić information content (AvgIpc) is 2.43. The molecule has 0 aliphatic carbocycles. The van der Waals surface area contributed by atoms with Gasteiger partial charge in [0.2, 0.25) is 0 Å². The molecule has 0 saturated carbocycles. The highest BCUT2D eigenvalue weighted by Gasteiger charge is 2.21. The third-order valence-electron chi connectivity index (χ3n) is 3.55. The lowest BCUT2D eigenvalue weighted by atomic mass is 10.0. The molecular weight excluding hydrogens is 261 g/mol. The predicted molar refractivity (Wildman–Crippen MR) is 74.5 cm³/mol. The Balaban J connectivity index is 1.99. The minimum Gasteiger partial charge on any atom is -0.478 e. The maximum atomic E-state index is 13.1. The molecule has 1 aromatic rings. The summed E-state index contributed by atoms with van der Waals surface area (Å²) in [5.74, 6) is -1.54. The van der Waals surface area contributed by atoms with Crippen LogP contribution in [0.5, 0.6) is 0 Å². The number of anilines is 1. The number of halogens is 1. The Morgan fingerprint density at radius 3 is 2.85 bits per heavy atom. The van der Waals surface area contributed by atoms with Crippen LogP contribution in [0.4, 0.5) is 10.2 Å². The van der Waals surface area contributed by atoms with Crippen LogP contribution in [0, 0.1) is 5.82 Å². The van der Waals surface area contributed by atoms with E-state index >= 15 is 0 Å². The van der Waals surface area contributed by atoms with Crippen molar-refractivity contribution in [3.05, 3.63) is 23.6 Å². The second-order valence-corrected chi connectivity index (χ2v) is 5.12. The molecule has 1 saturated heterocycles. The smallest absolute Gasteiger partial charge is 0.339 e. The first kappa shape index (κ1) is 14.7. The maximum absolute atomic E-state index is 13.1. The van der Waals surface area contributed by atoms with Gasteiger partial charge in [0.15, 0.2) is 0 Å². The monoisotopic (exact) mass is 281 g/mol.